The van der Waals surface area contributed by atoms with E-state index in [0.717, 1.165) is 12.4 Å². The summed E-state index contributed by atoms with van der Waals surface area (Å²) in [5, 5.41) is 0. The quantitative estimate of drug-likeness (QED) is 0.607. The Balaban J connectivity index is 2.36. The average Bonchev–Trinajstić information content (AvgIpc) is 2.26. The molecule has 0 amide bonds. The van der Waals surface area contributed by atoms with Gasteiger partial charge in [0.25, 0.3) is 0 Å². The predicted molar refractivity (Wildman–Crippen MR) is 65.5 cm³/mol. The van der Waals surface area contributed by atoms with E-state index in [1.807, 2.05) is 13.0 Å². The molecule has 15 heavy (non-hydrogen) atoms. The smallest absolute Gasteiger partial charge is 0.119 e. The van der Waals surface area contributed by atoms with Crippen LogP contribution in [-0.4, -0.2) is 6.61 Å². The molecule has 0 heterocycles. The van der Waals surface area contributed by atoms with Crippen LogP contribution in [0.3, 0.4) is 0 Å². The van der Waals surface area contributed by atoms with Crippen molar-refractivity contribution in [3.05, 3.63) is 29.8 Å². The normalized spacial score (nSPS) is 10.3. The molecular formula is C14H22O. The Morgan fingerprint density at radius 1 is 1.07 bits per heavy atom. The molecule has 1 rings (SSSR count). The van der Waals surface area contributed by atoms with Crippen molar-refractivity contribution in [1.82, 2.24) is 0 Å². The molecule has 0 radical (unpaired) electrons. The molecule has 0 fully saturated rings. The lowest BCUT2D eigenvalue weighted by Gasteiger charge is -2.05. The summed E-state index contributed by atoms with van der Waals surface area (Å²) in [5.74, 6) is 1.01. The van der Waals surface area contributed by atoms with Gasteiger partial charge in [-0.1, -0.05) is 38.3 Å². The summed E-state index contributed by atoms with van der Waals surface area (Å²) >= 11 is 0. The summed E-state index contributed by atoms with van der Waals surface area (Å²) < 4.78 is 5.47. The van der Waals surface area contributed by atoms with Crippen LogP contribution >= 0.6 is 0 Å². The number of unbranched alkanes of at least 4 members (excludes halogenated alkanes) is 3. The molecule has 1 heteroatoms. The van der Waals surface area contributed by atoms with Crippen molar-refractivity contribution in [2.24, 2.45) is 0 Å². The van der Waals surface area contributed by atoms with Gasteiger partial charge in [-0.15, -0.1) is 0 Å². The lowest BCUT2D eigenvalue weighted by Crippen LogP contribution is -1.92. The highest BCUT2D eigenvalue weighted by Gasteiger charge is 1.96. The Morgan fingerprint density at radius 2 is 1.93 bits per heavy atom. The van der Waals surface area contributed by atoms with Crippen molar-refractivity contribution >= 4 is 0 Å². The van der Waals surface area contributed by atoms with Gasteiger partial charge in [-0.25, -0.2) is 0 Å². The first kappa shape index (κ1) is 12.1. The van der Waals surface area contributed by atoms with E-state index in [4.69, 9.17) is 4.74 Å². The van der Waals surface area contributed by atoms with E-state index < -0.39 is 0 Å². The second-order valence-corrected chi connectivity index (χ2v) is 3.89. The minimum absolute atomic E-state index is 0.749. The van der Waals surface area contributed by atoms with Gasteiger partial charge in [0.1, 0.15) is 5.75 Å². The van der Waals surface area contributed by atoms with E-state index in [0.29, 0.717) is 0 Å². The molecular weight excluding hydrogens is 184 g/mol. The summed E-state index contributed by atoms with van der Waals surface area (Å²) in [6.45, 7) is 5.02. The monoisotopic (exact) mass is 206 g/mol. The first-order chi connectivity index (χ1) is 7.36. The lowest BCUT2D eigenvalue weighted by atomic mass is 10.1. The van der Waals surface area contributed by atoms with Crippen LogP contribution in [0.15, 0.2) is 24.3 Å². The number of hydrogen-bond donors (Lipinski definition) is 0. The average molecular weight is 206 g/mol. The summed E-state index contributed by atoms with van der Waals surface area (Å²) in [4.78, 5) is 0. The van der Waals surface area contributed by atoms with Gasteiger partial charge in [0.05, 0.1) is 6.61 Å². The van der Waals surface area contributed by atoms with Crippen molar-refractivity contribution in [2.75, 3.05) is 6.61 Å². The number of ether oxygens (including phenoxy) is 1. The fourth-order valence-electron chi connectivity index (χ4n) is 1.71. The van der Waals surface area contributed by atoms with Crippen LogP contribution in [0.25, 0.3) is 0 Å². The van der Waals surface area contributed by atoms with Gasteiger partial charge in [0.15, 0.2) is 0 Å². The van der Waals surface area contributed by atoms with Crippen LogP contribution in [0.2, 0.25) is 0 Å². The molecule has 0 spiro atoms. The second kappa shape index (κ2) is 7.33. The highest BCUT2D eigenvalue weighted by atomic mass is 16.5. The van der Waals surface area contributed by atoms with Gasteiger partial charge < -0.3 is 4.74 Å². The second-order valence-electron chi connectivity index (χ2n) is 3.89. The maximum absolute atomic E-state index is 5.47. The molecule has 0 atom stereocenters. The third-order valence-corrected chi connectivity index (χ3v) is 2.53. The Hall–Kier alpha value is -0.980. The topological polar surface area (TPSA) is 9.23 Å². The number of rotatable bonds is 7. The molecule has 0 unspecified atom stereocenters. The van der Waals surface area contributed by atoms with Gasteiger partial charge in [-0.05, 0) is 37.5 Å². The summed E-state index contributed by atoms with van der Waals surface area (Å²) in [7, 11) is 0. The molecule has 0 aliphatic carbocycles. The fourth-order valence-corrected chi connectivity index (χ4v) is 1.71. The zero-order valence-corrected chi connectivity index (χ0v) is 9.96. The molecule has 0 aliphatic heterocycles. The summed E-state index contributed by atoms with van der Waals surface area (Å²) in [6.07, 6.45) is 6.48. The zero-order valence-electron chi connectivity index (χ0n) is 9.96. The molecule has 0 aromatic heterocycles. The SMILES string of the molecule is CCCCCCc1cccc(OCC)c1. The minimum atomic E-state index is 0.749. The largest absolute Gasteiger partial charge is 0.494 e. The van der Waals surface area contributed by atoms with Crippen LogP contribution in [0.5, 0.6) is 5.75 Å². The van der Waals surface area contributed by atoms with Gasteiger partial charge >= 0.3 is 0 Å². The number of aryl methyl sites for hydroxylation is 1. The molecule has 1 aromatic rings. The van der Waals surface area contributed by atoms with E-state index in [-0.39, 0.29) is 0 Å². The molecule has 0 bridgehead atoms. The molecule has 84 valence electrons. The van der Waals surface area contributed by atoms with E-state index in [1.165, 1.54) is 37.7 Å². The van der Waals surface area contributed by atoms with Gasteiger partial charge in [0, 0.05) is 0 Å². The lowest BCUT2D eigenvalue weighted by molar-refractivity contribution is 0.340. The standard InChI is InChI=1S/C14H22O/c1-3-5-6-7-9-13-10-8-11-14(12-13)15-4-2/h8,10-12H,3-7,9H2,1-2H3. The predicted octanol–water partition coefficient (Wildman–Crippen LogP) is 4.21. The van der Waals surface area contributed by atoms with E-state index in [9.17, 15) is 0 Å². The third kappa shape index (κ3) is 4.87. The van der Waals surface area contributed by atoms with E-state index in [2.05, 4.69) is 25.1 Å². The first-order valence-electron chi connectivity index (χ1n) is 6.08. The fraction of sp³-hybridized carbons (Fsp3) is 0.571. The highest BCUT2D eigenvalue weighted by molar-refractivity contribution is 5.28. The Bertz CT molecular complexity index is 268. The van der Waals surface area contributed by atoms with Crippen molar-refractivity contribution < 1.29 is 4.74 Å². The van der Waals surface area contributed by atoms with Crippen LogP contribution < -0.4 is 4.74 Å². The summed E-state index contributed by atoms with van der Waals surface area (Å²) in [5.41, 5.74) is 1.40. The first-order valence-corrected chi connectivity index (χ1v) is 6.08. The van der Waals surface area contributed by atoms with E-state index in [1.54, 1.807) is 0 Å². The van der Waals surface area contributed by atoms with Gasteiger partial charge in [0.2, 0.25) is 0 Å². The molecule has 0 saturated heterocycles. The number of hydrogen-bond acceptors (Lipinski definition) is 1. The third-order valence-electron chi connectivity index (χ3n) is 2.53. The summed E-state index contributed by atoms with van der Waals surface area (Å²) in [6, 6.07) is 8.46. The Morgan fingerprint density at radius 3 is 2.67 bits per heavy atom. The van der Waals surface area contributed by atoms with E-state index >= 15 is 0 Å². The van der Waals surface area contributed by atoms with Crippen LogP contribution in [-0.2, 0) is 6.42 Å². The highest BCUT2D eigenvalue weighted by Crippen LogP contribution is 2.15. The van der Waals surface area contributed by atoms with Gasteiger partial charge in [-0.3, -0.25) is 0 Å². The van der Waals surface area contributed by atoms with Crippen molar-refractivity contribution in [3.8, 4) is 5.75 Å². The molecule has 1 nitrogen and oxygen atoms in total. The van der Waals surface area contributed by atoms with Crippen LogP contribution in [0.4, 0.5) is 0 Å². The van der Waals surface area contributed by atoms with Gasteiger partial charge in [-0.2, -0.15) is 0 Å². The molecule has 0 saturated carbocycles. The van der Waals surface area contributed by atoms with Crippen molar-refractivity contribution in [1.29, 1.82) is 0 Å². The van der Waals surface area contributed by atoms with Crippen molar-refractivity contribution in [3.63, 3.8) is 0 Å². The van der Waals surface area contributed by atoms with Crippen molar-refractivity contribution in [2.45, 2.75) is 46.0 Å². The molecule has 0 N–H and O–H groups in total. The molecule has 1 aromatic carbocycles. The Labute approximate surface area is 93.5 Å². The Kier molecular flexibility index (Phi) is 5.91. The van der Waals surface area contributed by atoms with Crippen LogP contribution in [0, 0.1) is 0 Å². The zero-order chi connectivity index (χ0) is 10.9. The molecule has 0 aliphatic rings. The maximum Gasteiger partial charge on any atom is 0.119 e. The maximum atomic E-state index is 5.47. The number of benzene rings is 1. The van der Waals surface area contributed by atoms with Crippen LogP contribution in [0.1, 0.15) is 45.1 Å². The minimum Gasteiger partial charge on any atom is -0.494 e.